The second-order valence-electron chi connectivity index (χ2n) is 4.68. The highest BCUT2D eigenvalue weighted by molar-refractivity contribution is 5.80. The lowest BCUT2D eigenvalue weighted by Gasteiger charge is -2.26. The second-order valence-corrected chi connectivity index (χ2v) is 4.68. The van der Waals surface area contributed by atoms with E-state index in [4.69, 9.17) is 0 Å². The van der Waals surface area contributed by atoms with Gasteiger partial charge in [-0.1, -0.05) is 32.0 Å². The number of carbonyl (C=O) groups excluding carboxylic acids is 1. The Bertz CT molecular complexity index is 401. The first-order valence-corrected chi connectivity index (χ1v) is 5.77. The molecule has 3 heteroatoms. The molecule has 1 aliphatic rings. The van der Waals surface area contributed by atoms with Gasteiger partial charge in [0.1, 0.15) is 0 Å². The van der Waals surface area contributed by atoms with E-state index in [0.29, 0.717) is 6.04 Å². The fourth-order valence-corrected chi connectivity index (χ4v) is 1.98. The third kappa shape index (κ3) is 1.90. The number of para-hydroxylation sites is 1. The molecule has 0 bridgehead atoms. The van der Waals surface area contributed by atoms with Crippen LogP contribution in [0.1, 0.15) is 26.3 Å². The molecule has 1 atom stereocenters. The zero-order valence-electron chi connectivity index (χ0n) is 10.0. The standard InChI is InChI=1S/C13H18N2O/c1-9(2)13(16)14-15-10(3)8-11-6-4-5-7-12(11)15/h4-7,9-10H,8H2,1-3H3,(H,14,16)/t10-/m1/s1. The van der Waals surface area contributed by atoms with Gasteiger partial charge in [0.25, 0.3) is 0 Å². The van der Waals surface area contributed by atoms with Crippen molar-refractivity contribution in [1.29, 1.82) is 0 Å². The van der Waals surface area contributed by atoms with Crippen molar-refractivity contribution < 1.29 is 4.79 Å². The first-order chi connectivity index (χ1) is 7.59. The van der Waals surface area contributed by atoms with Gasteiger partial charge in [-0.25, -0.2) is 0 Å². The average Bonchev–Trinajstić information content (AvgIpc) is 2.55. The minimum atomic E-state index is 0.0139. The van der Waals surface area contributed by atoms with Gasteiger partial charge in [-0.05, 0) is 25.0 Å². The number of carbonyl (C=O) groups is 1. The average molecular weight is 218 g/mol. The summed E-state index contributed by atoms with van der Waals surface area (Å²) >= 11 is 0. The predicted octanol–water partition coefficient (Wildman–Crippen LogP) is 2.12. The molecule has 0 saturated carbocycles. The van der Waals surface area contributed by atoms with Gasteiger partial charge in [0, 0.05) is 5.92 Å². The number of benzene rings is 1. The second kappa shape index (κ2) is 4.16. The molecule has 0 spiro atoms. The molecule has 1 aliphatic heterocycles. The third-order valence-corrected chi connectivity index (χ3v) is 2.96. The third-order valence-electron chi connectivity index (χ3n) is 2.96. The maximum absolute atomic E-state index is 11.7. The lowest BCUT2D eigenvalue weighted by molar-refractivity contribution is -0.124. The molecule has 86 valence electrons. The van der Waals surface area contributed by atoms with Crippen molar-refractivity contribution in [2.45, 2.75) is 33.2 Å². The van der Waals surface area contributed by atoms with Gasteiger partial charge in [0.15, 0.2) is 0 Å². The van der Waals surface area contributed by atoms with Crippen molar-refractivity contribution in [3.05, 3.63) is 29.8 Å². The molecule has 0 unspecified atom stereocenters. The van der Waals surface area contributed by atoms with E-state index in [0.717, 1.165) is 12.1 Å². The van der Waals surface area contributed by atoms with Crippen LogP contribution < -0.4 is 10.4 Å². The van der Waals surface area contributed by atoms with Gasteiger partial charge in [-0.3, -0.25) is 15.2 Å². The number of nitrogens with one attached hydrogen (secondary N) is 1. The Kier molecular flexibility index (Phi) is 2.86. The minimum Gasteiger partial charge on any atom is -0.282 e. The van der Waals surface area contributed by atoms with Crippen molar-refractivity contribution in [2.75, 3.05) is 5.01 Å². The molecule has 1 aromatic carbocycles. The molecule has 3 nitrogen and oxygen atoms in total. The van der Waals surface area contributed by atoms with Crippen molar-refractivity contribution in [3.8, 4) is 0 Å². The predicted molar refractivity (Wildman–Crippen MR) is 65.1 cm³/mol. The first kappa shape index (κ1) is 11.0. The number of fused-ring (bicyclic) bond motifs is 1. The Morgan fingerprint density at radius 2 is 2.12 bits per heavy atom. The fraction of sp³-hybridized carbons (Fsp3) is 0.462. The molecule has 0 aliphatic carbocycles. The SMILES string of the molecule is CC(C)C(=O)NN1c2ccccc2C[C@H]1C. The summed E-state index contributed by atoms with van der Waals surface area (Å²) in [4.78, 5) is 11.7. The van der Waals surface area contributed by atoms with Crippen molar-refractivity contribution in [1.82, 2.24) is 5.43 Å². The lowest BCUT2D eigenvalue weighted by atomic mass is 10.1. The van der Waals surface area contributed by atoms with Crippen LogP contribution in [0.2, 0.25) is 0 Å². The van der Waals surface area contributed by atoms with E-state index >= 15 is 0 Å². The maximum Gasteiger partial charge on any atom is 0.241 e. The topological polar surface area (TPSA) is 32.3 Å². The van der Waals surface area contributed by atoms with Crippen LogP contribution in [0.25, 0.3) is 0 Å². The number of hydrogen-bond acceptors (Lipinski definition) is 2. The molecule has 0 fully saturated rings. The van der Waals surface area contributed by atoms with Gasteiger partial charge in [0.2, 0.25) is 5.91 Å². The van der Waals surface area contributed by atoms with Crippen LogP contribution in [0.5, 0.6) is 0 Å². The summed E-state index contributed by atoms with van der Waals surface area (Å²) in [6, 6.07) is 8.55. The minimum absolute atomic E-state index is 0.0139. The summed E-state index contributed by atoms with van der Waals surface area (Å²) in [5.41, 5.74) is 5.41. The van der Waals surface area contributed by atoms with E-state index in [9.17, 15) is 4.79 Å². The van der Waals surface area contributed by atoms with Crippen LogP contribution in [0, 0.1) is 5.92 Å². The molecule has 0 radical (unpaired) electrons. The van der Waals surface area contributed by atoms with E-state index in [2.05, 4.69) is 24.5 Å². The van der Waals surface area contributed by atoms with Gasteiger partial charge >= 0.3 is 0 Å². The smallest absolute Gasteiger partial charge is 0.241 e. The number of rotatable bonds is 2. The Balaban J connectivity index is 2.19. The van der Waals surface area contributed by atoms with Gasteiger partial charge in [0.05, 0.1) is 11.7 Å². The summed E-state index contributed by atoms with van der Waals surface area (Å²) in [6.07, 6.45) is 0.995. The summed E-state index contributed by atoms with van der Waals surface area (Å²) in [6.45, 7) is 5.94. The zero-order chi connectivity index (χ0) is 11.7. The normalized spacial score (nSPS) is 18.8. The molecule has 1 amide bonds. The van der Waals surface area contributed by atoms with Gasteiger partial charge in [-0.2, -0.15) is 0 Å². The largest absolute Gasteiger partial charge is 0.282 e. The quantitative estimate of drug-likeness (QED) is 0.824. The Labute approximate surface area is 96.4 Å². The highest BCUT2D eigenvalue weighted by Gasteiger charge is 2.27. The highest BCUT2D eigenvalue weighted by Crippen LogP contribution is 2.29. The number of nitrogens with zero attached hydrogens (tertiary/aromatic N) is 1. The van der Waals surface area contributed by atoms with Crippen LogP contribution in [0.3, 0.4) is 0 Å². The fourth-order valence-electron chi connectivity index (χ4n) is 1.98. The number of hydrazine groups is 1. The Hall–Kier alpha value is -1.51. The zero-order valence-corrected chi connectivity index (χ0v) is 10.0. The van der Waals surface area contributed by atoms with Crippen LogP contribution >= 0.6 is 0 Å². The van der Waals surface area contributed by atoms with E-state index in [-0.39, 0.29) is 11.8 Å². The van der Waals surface area contributed by atoms with Crippen LogP contribution in [-0.2, 0) is 11.2 Å². The Morgan fingerprint density at radius 1 is 1.44 bits per heavy atom. The van der Waals surface area contributed by atoms with Crippen molar-refractivity contribution in [3.63, 3.8) is 0 Å². The molecule has 16 heavy (non-hydrogen) atoms. The summed E-state index contributed by atoms with van der Waals surface area (Å²) < 4.78 is 0. The van der Waals surface area contributed by atoms with Crippen LogP contribution in [0.15, 0.2) is 24.3 Å². The first-order valence-electron chi connectivity index (χ1n) is 5.77. The van der Waals surface area contributed by atoms with E-state index < -0.39 is 0 Å². The molecule has 0 aromatic heterocycles. The van der Waals surface area contributed by atoms with E-state index in [1.807, 2.05) is 31.0 Å². The van der Waals surface area contributed by atoms with Gasteiger partial charge in [-0.15, -0.1) is 0 Å². The molecule has 0 saturated heterocycles. The van der Waals surface area contributed by atoms with Crippen LogP contribution in [0.4, 0.5) is 5.69 Å². The molecule has 1 N–H and O–H groups in total. The summed E-state index contributed by atoms with van der Waals surface area (Å²) in [7, 11) is 0. The Morgan fingerprint density at radius 3 is 2.81 bits per heavy atom. The van der Waals surface area contributed by atoms with Gasteiger partial charge < -0.3 is 0 Å². The maximum atomic E-state index is 11.7. The molecular formula is C13H18N2O. The lowest BCUT2D eigenvalue weighted by Crippen LogP contribution is -2.47. The van der Waals surface area contributed by atoms with E-state index in [1.54, 1.807) is 0 Å². The highest BCUT2D eigenvalue weighted by atomic mass is 16.2. The summed E-state index contributed by atoms with van der Waals surface area (Å²) in [5, 5.41) is 1.98. The molecule has 1 heterocycles. The van der Waals surface area contributed by atoms with E-state index in [1.165, 1.54) is 5.56 Å². The van der Waals surface area contributed by atoms with Crippen LogP contribution in [-0.4, -0.2) is 11.9 Å². The molecular weight excluding hydrogens is 200 g/mol. The molecule has 1 aromatic rings. The summed E-state index contributed by atoms with van der Waals surface area (Å²) in [5.74, 6) is 0.0866. The number of hydrogen-bond donors (Lipinski definition) is 1. The van der Waals surface area contributed by atoms with Crippen molar-refractivity contribution >= 4 is 11.6 Å². The van der Waals surface area contributed by atoms with Crippen molar-refractivity contribution in [2.24, 2.45) is 5.92 Å². The molecule has 2 rings (SSSR count). The number of anilines is 1. The monoisotopic (exact) mass is 218 g/mol. The number of amides is 1.